The van der Waals surface area contributed by atoms with Crippen molar-refractivity contribution >= 4 is 10.0 Å². The lowest BCUT2D eigenvalue weighted by molar-refractivity contribution is 0.271. The summed E-state index contributed by atoms with van der Waals surface area (Å²) in [5.74, 6) is 0.409. The van der Waals surface area contributed by atoms with Crippen LogP contribution in [0.25, 0.3) is 0 Å². The van der Waals surface area contributed by atoms with Gasteiger partial charge in [-0.3, -0.25) is 4.98 Å². The van der Waals surface area contributed by atoms with Crippen molar-refractivity contribution < 1.29 is 13.2 Å². The van der Waals surface area contributed by atoms with Gasteiger partial charge in [-0.2, -0.15) is 0 Å². The summed E-state index contributed by atoms with van der Waals surface area (Å²) >= 11 is 0. The number of ether oxygens (including phenoxy) is 1. The zero-order valence-electron chi connectivity index (χ0n) is 8.46. The van der Waals surface area contributed by atoms with E-state index in [1.165, 1.54) is 0 Å². The Balaban J connectivity index is 2.38. The third-order valence-corrected chi connectivity index (χ3v) is 2.72. The Morgan fingerprint density at radius 1 is 1.60 bits per heavy atom. The van der Waals surface area contributed by atoms with Gasteiger partial charge in [0.15, 0.2) is 0 Å². The highest BCUT2D eigenvalue weighted by Gasteiger charge is 2.11. The second kappa shape index (κ2) is 5.09. The van der Waals surface area contributed by atoms with Gasteiger partial charge in [-0.15, -0.1) is 0 Å². The van der Waals surface area contributed by atoms with E-state index in [9.17, 15) is 8.42 Å². The van der Waals surface area contributed by atoms with Crippen LogP contribution in [0.3, 0.4) is 0 Å². The summed E-state index contributed by atoms with van der Waals surface area (Å²) in [6, 6.07) is 3.51. The van der Waals surface area contributed by atoms with Gasteiger partial charge in [-0.25, -0.2) is 13.6 Å². The summed E-state index contributed by atoms with van der Waals surface area (Å²) in [7, 11) is -3.42. The molecule has 15 heavy (non-hydrogen) atoms. The van der Waals surface area contributed by atoms with E-state index in [4.69, 9.17) is 9.88 Å². The molecule has 0 aromatic carbocycles. The number of hydrogen-bond acceptors (Lipinski definition) is 4. The summed E-state index contributed by atoms with van der Waals surface area (Å²) < 4.78 is 26.9. The normalized spacial score (nSPS) is 13.5. The summed E-state index contributed by atoms with van der Waals surface area (Å²) in [6.45, 7) is 2.07. The van der Waals surface area contributed by atoms with Gasteiger partial charge in [-0.1, -0.05) is 6.92 Å². The molecule has 0 saturated carbocycles. The highest BCUT2D eigenvalue weighted by molar-refractivity contribution is 7.89. The molecular weight excluding hydrogens is 216 g/mol. The highest BCUT2D eigenvalue weighted by atomic mass is 32.2. The van der Waals surface area contributed by atoms with Crippen LogP contribution < -0.4 is 9.88 Å². The number of sulfonamides is 1. The first kappa shape index (κ1) is 11.9. The van der Waals surface area contributed by atoms with Gasteiger partial charge in [0.05, 0.1) is 18.6 Å². The van der Waals surface area contributed by atoms with E-state index in [0.717, 1.165) is 0 Å². The highest BCUT2D eigenvalue weighted by Crippen LogP contribution is 2.08. The first-order valence-electron chi connectivity index (χ1n) is 4.50. The molecule has 2 N–H and O–H groups in total. The molecule has 0 aliphatic carbocycles. The van der Waals surface area contributed by atoms with Gasteiger partial charge < -0.3 is 4.74 Å². The van der Waals surface area contributed by atoms with Crippen molar-refractivity contribution in [2.24, 2.45) is 11.1 Å². The fourth-order valence-electron chi connectivity index (χ4n) is 1.12. The minimum atomic E-state index is -3.42. The van der Waals surface area contributed by atoms with Crippen molar-refractivity contribution in [1.29, 1.82) is 0 Å². The zero-order chi connectivity index (χ0) is 11.3. The van der Waals surface area contributed by atoms with Gasteiger partial charge in [0.1, 0.15) is 5.75 Å². The Hall–Kier alpha value is -1.14. The van der Waals surface area contributed by atoms with E-state index in [1.54, 1.807) is 31.5 Å². The molecular formula is C9H14N2O3S. The number of primary sulfonamides is 1. The van der Waals surface area contributed by atoms with E-state index < -0.39 is 10.0 Å². The predicted octanol–water partition coefficient (Wildman–Crippen LogP) is 0.385. The molecule has 5 nitrogen and oxygen atoms in total. The standard InChI is InChI=1S/C9H14N2O3S/c1-8(7-15(10,12)13)6-14-9-3-2-4-11-5-9/h2-5,8H,6-7H2,1H3,(H2,10,12,13). The molecule has 0 amide bonds. The Morgan fingerprint density at radius 3 is 2.87 bits per heavy atom. The number of pyridine rings is 1. The van der Waals surface area contributed by atoms with Crippen molar-refractivity contribution in [1.82, 2.24) is 4.98 Å². The Labute approximate surface area is 89.3 Å². The Morgan fingerprint density at radius 2 is 2.33 bits per heavy atom. The summed E-state index contributed by atoms with van der Waals surface area (Å²) in [4.78, 5) is 3.87. The molecule has 0 radical (unpaired) electrons. The van der Waals surface area contributed by atoms with Crippen LogP contribution in [-0.2, 0) is 10.0 Å². The smallest absolute Gasteiger partial charge is 0.209 e. The molecule has 0 aliphatic rings. The molecule has 6 heteroatoms. The first-order chi connectivity index (χ1) is 6.97. The first-order valence-corrected chi connectivity index (χ1v) is 6.22. The molecule has 0 fully saturated rings. The van der Waals surface area contributed by atoms with Crippen molar-refractivity contribution in [2.45, 2.75) is 6.92 Å². The van der Waals surface area contributed by atoms with Gasteiger partial charge in [0.25, 0.3) is 0 Å². The largest absolute Gasteiger partial charge is 0.492 e. The maximum atomic E-state index is 10.8. The SMILES string of the molecule is CC(COc1cccnc1)CS(N)(=O)=O. The van der Waals surface area contributed by atoms with Crippen LogP contribution in [0.5, 0.6) is 5.75 Å². The maximum Gasteiger partial charge on any atom is 0.209 e. The van der Waals surface area contributed by atoms with E-state index in [2.05, 4.69) is 4.98 Å². The van der Waals surface area contributed by atoms with Gasteiger partial charge in [-0.05, 0) is 12.1 Å². The molecule has 84 valence electrons. The third-order valence-electron chi connectivity index (χ3n) is 1.69. The molecule has 1 rings (SSSR count). The van der Waals surface area contributed by atoms with Crippen molar-refractivity contribution in [3.05, 3.63) is 24.5 Å². The minimum Gasteiger partial charge on any atom is -0.492 e. The molecule has 0 saturated heterocycles. The molecule has 0 spiro atoms. The molecule has 0 bridgehead atoms. The monoisotopic (exact) mass is 230 g/mol. The molecule has 1 aromatic heterocycles. The minimum absolute atomic E-state index is 0.0761. The average molecular weight is 230 g/mol. The fourth-order valence-corrected chi connectivity index (χ4v) is 2.01. The van der Waals surface area contributed by atoms with Crippen LogP contribution in [0.4, 0.5) is 0 Å². The summed E-state index contributed by atoms with van der Waals surface area (Å²) in [5, 5.41) is 4.91. The predicted molar refractivity (Wildman–Crippen MR) is 56.9 cm³/mol. The topological polar surface area (TPSA) is 82.3 Å². The Bertz CT molecular complexity index is 391. The van der Waals surface area contributed by atoms with Gasteiger partial charge in [0.2, 0.25) is 10.0 Å². The van der Waals surface area contributed by atoms with Gasteiger partial charge >= 0.3 is 0 Å². The van der Waals surface area contributed by atoms with Crippen molar-refractivity contribution in [3.63, 3.8) is 0 Å². The average Bonchev–Trinajstić information content (AvgIpc) is 2.14. The molecule has 1 unspecified atom stereocenters. The van der Waals surface area contributed by atoms with E-state index in [0.29, 0.717) is 12.4 Å². The second-order valence-electron chi connectivity index (χ2n) is 3.43. The van der Waals surface area contributed by atoms with E-state index in [-0.39, 0.29) is 11.7 Å². The zero-order valence-corrected chi connectivity index (χ0v) is 9.28. The van der Waals surface area contributed by atoms with Gasteiger partial charge in [0, 0.05) is 12.1 Å². The maximum absolute atomic E-state index is 10.8. The van der Waals surface area contributed by atoms with E-state index in [1.807, 2.05) is 0 Å². The lowest BCUT2D eigenvalue weighted by atomic mass is 10.2. The Kier molecular flexibility index (Phi) is 4.05. The molecule has 1 atom stereocenters. The van der Waals surface area contributed by atoms with Crippen LogP contribution in [-0.4, -0.2) is 25.8 Å². The summed E-state index contributed by atoms with van der Waals surface area (Å²) in [6.07, 6.45) is 3.21. The second-order valence-corrected chi connectivity index (χ2v) is 5.09. The molecule has 1 heterocycles. The van der Waals surface area contributed by atoms with Crippen LogP contribution in [0, 0.1) is 5.92 Å². The summed E-state index contributed by atoms with van der Waals surface area (Å²) in [5.41, 5.74) is 0. The van der Waals surface area contributed by atoms with Crippen molar-refractivity contribution in [2.75, 3.05) is 12.4 Å². The van der Waals surface area contributed by atoms with Crippen LogP contribution >= 0.6 is 0 Å². The third kappa shape index (κ3) is 5.34. The molecule has 1 aromatic rings. The molecule has 0 aliphatic heterocycles. The fraction of sp³-hybridized carbons (Fsp3) is 0.444. The lowest BCUT2D eigenvalue weighted by Gasteiger charge is -2.11. The lowest BCUT2D eigenvalue weighted by Crippen LogP contribution is -2.25. The van der Waals surface area contributed by atoms with E-state index >= 15 is 0 Å². The quantitative estimate of drug-likeness (QED) is 0.793. The number of nitrogens with two attached hydrogens (primary N) is 1. The number of hydrogen-bond donors (Lipinski definition) is 1. The van der Waals surface area contributed by atoms with Crippen LogP contribution in [0.1, 0.15) is 6.92 Å². The van der Waals surface area contributed by atoms with Crippen LogP contribution in [0.15, 0.2) is 24.5 Å². The number of nitrogens with zero attached hydrogens (tertiary/aromatic N) is 1. The number of aromatic nitrogens is 1. The number of rotatable bonds is 5. The van der Waals surface area contributed by atoms with Crippen LogP contribution in [0.2, 0.25) is 0 Å². The van der Waals surface area contributed by atoms with Crippen molar-refractivity contribution in [3.8, 4) is 5.75 Å².